The van der Waals surface area contributed by atoms with Gasteiger partial charge in [0, 0.05) is 22.9 Å². The van der Waals surface area contributed by atoms with Crippen molar-refractivity contribution in [2.75, 3.05) is 12.3 Å². The number of hydrogen-bond donors (Lipinski definition) is 2. The van der Waals surface area contributed by atoms with Gasteiger partial charge < -0.3 is 10.6 Å². The molecule has 0 spiro atoms. The van der Waals surface area contributed by atoms with Crippen molar-refractivity contribution in [1.29, 1.82) is 0 Å². The van der Waals surface area contributed by atoms with E-state index < -0.39 is 0 Å². The summed E-state index contributed by atoms with van der Waals surface area (Å²) >= 11 is 7.56. The number of halogens is 1. The number of carbonyl (C=O) groups excluding carboxylic acids is 1. The second-order valence-electron chi connectivity index (χ2n) is 5.18. The molecular formula is C15H21ClN2OS. The highest BCUT2D eigenvalue weighted by Gasteiger charge is 2.21. The summed E-state index contributed by atoms with van der Waals surface area (Å²) in [7, 11) is 0. The molecule has 0 aliphatic carbocycles. The fourth-order valence-electron chi connectivity index (χ4n) is 2.38. The molecule has 2 rings (SSSR count). The Balaban J connectivity index is 1.70. The number of benzene rings is 1. The molecule has 3 nitrogen and oxygen atoms in total. The van der Waals surface area contributed by atoms with Crippen LogP contribution in [0.2, 0.25) is 5.02 Å². The number of thioether (sulfide) groups is 1. The highest BCUT2D eigenvalue weighted by Crippen LogP contribution is 2.16. The molecule has 2 N–H and O–H groups in total. The largest absolute Gasteiger partial charge is 0.351 e. The second kappa shape index (κ2) is 7.91. The van der Waals surface area contributed by atoms with Crippen LogP contribution in [0.4, 0.5) is 0 Å². The van der Waals surface area contributed by atoms with E-state index in [0.29, 0.717) is 11.8 Å². The van der Waals surface area contributed by atoms with Gasteiger partial charge in [0.2, 0.25) is 5.91 Å². The second-order valence-corrected chi connectivity index (χ2v) is 6.60. The van der Waals surface area contributed by atoms with Gasteiger partial charge in [-0.05, 0) is 44.0 Å². The van der Waals surface area contributed by atoms with Gasteiger partial charge in [0.05, 0.1) is 5.75 Å². The summed E-state index contributed by atoms with van der Waals surface area (Å²) in [6.07, 6.45) is 2.20. The maximum atomic E-state index is 11.9. The van der Waals surface area contributed by atoms with Gasteiger partial charge in [0.15, 0.2) is 0 Å². The minimum Gasteiger partial charge on any atom is -0.351 e. The molecule has 1 saturated heterocycles. The molecule has 1 aromatic carbocycles. The summed E-state index contributed by atoms with van der Waals surface area (Å²) in [5.74, 6) is 1.43. The molecule has 110 valence electrons. The third-order valence-electron chi connectivity index (χ3n) is 3.50. The Labute approximate surface area is 129 Å². The number of nitrogens with one attached hydrogen (secondary N) is 2. The van der Waals surface area contributed by atoms with Crippen molar-refractivity contribution in [2.24, 2.45) is 0 Å². The first-order valence-corrected chi connectivity index (χ1v) is 8.53. The minimum absolute atomic E-state index is 0.123. The Kier molecular flexibility index (Phi) is 6.20. The average molecular weight is 313 g/mol. The fourth-order valence-corrected chi connectivity index (χ4v) is 3.38. The Morgan fingerprint density at radius 3 is 3.15 bits per heavy atom. The zero-order valence-electron chi connectivity index (χ0n) is 11.7. The molecule has 1 aliphatic rings. The van der Waals surface area contributed by atoms with E-state index in [1.165, 1.54) is 0 Å². The number of hydrogen-bond acceptors (Lipinski definition) is 3. The summed E-state index contributed by atoms with van der Waals surface area (Å²) in [6.45, 7) is 3.18. The summed E-state index contributed by atoms with van der Waals surface area (Å²) in [4.78, 5) is 11.9. The highest BCUT2D eigenvalue weighted by atomic mass is 35.5. The molecular weight excluding hydrogens is 292 g/mol. The average Bonchev–Trinajstić information content (AvgIpc) is 2.41. The van der Waals surface area contributed by atoms with Gasteiger partial charge in [-0.3, -0.25) is 4.79 Å². The third-order valence-corrected chi connectivity index (χ3v) is 4.74. The van der Waals surface area contributed by atoms with Crippen LogP contribution in [0.1, 0.15) is 25.3 Å². The lowest BCUT2D eigenvalue weighted by molar-refractivity contribution is -0.119. The molecule has 1 fully saturated rings. The van der Waals surface area contributed by atoms with Crippen molar-refractivity contribution >= 4 is 29.3 Å². The van der Waals surface area contributed by atoms with Crippen LogP contribution in [0.5, 0.6) is 0 Å². The molecule has 1 heterocycles. The molecule has 20 heavy (non-hydrogen) atoms. The Morgan fingerprint density at radius 1 is 1.55 bits per heavy atom. The topological polar surface area (TPSA) is 41.1 Å². The standard InChI is InChI=1S/C15H21ClN2OS/c1-11-14(6-3-7-17-11)18-15(19)10-20-9-12-4-2-5-13(16)8-12/h2,4-5,8,11,14,17H,3,6-7,9-10H2,1H3,(H,18,19). The van der Waals surface area contributed by atoms with E-state index in [1.807, 2.05) is 24.3 Å². The minimum atomic E-state index is 0.123. The molecule has 0 bridgehead atoms. The van der Waals surface area contributed by atoms with Crippen LogP contribution in [-0.4, -0.2) is 30.3 Å². The molecule has 0 saturated carbocycles. The number of amides is 1. The van der Waals surface area contributed by atoms with Crippen molar-refractivity contribution < 1.29 is 4.79 Å². The molecule has 1 aromatic rings. The van der Waals surface area contributed by atoms with Crippen LogP contribution in [0, 0.1) is 0 Å². The lowest BCUT2D eigenvalue weighted by atomic mass is 10.00. The van der Waals surface area contributed by atoms with Gasteiger partial charge in [-0.25, -0.2) is 0 Å². The van der Waals surface area contributed by atoms with Crippen LogP contribution in [0.25, 0.3) is 0 Å². The monoisotopic (exact) mass is 312 g/mol. The fraction of sp³-hybridized carbons (Fsp3) is 0.533. The highest BCUT2D eigenvalue weighted by molar-refractivity contribution is 7.99. The van der Waals surface area contributed by atoms with Crippen LogP contribution in [0.15, 0.2) is 24.3 Å². The van der Waals surface area contributed by atoms with Crippen LogP contribution in [-0.2, 0) is 10.5 Å². The van der Waals surface area contributed by atoms with E-state index in [4.69, 9.17) is 11.6 Å². The Bertz CT molecular complexity index is 455. The van der Waals surface area contributed by atoms with E-state index >= 15 is 0 Å². The lowest BCUT2D eigenvalue weighted by Crippen LogP contribution is -2.52. The van der Waals surface area contributed by atoms with Gasteiger partial charge in [-0.1, -0.05) is 23.7 Å². The van der Waals surface area contributed by atoms with Gasteiger partial charge in [0.25, 0.3) is 0 Å². The van der Waals surface area contributed by atoms with Crippen molar-refractivity contribution in [3.63, 3.8) is 0 Å². The maximum Gasteiger partial charge on any atom is 0.230 e. The Morgan fingerprint density at radius 2 is 2.40 bits per heavy atom. The molecule has 2 atom stereocenters. The first-order chi connectivity index (χ1) is 9.65. The summed E-state index contributed by atoms with van der Waals surface area (Å²) < 4.78 is 0. The zero-order chi connectivity index (χ0) is 14.4. The normalized spacial score (nSPS) is 22.5. The summed E-state index contributed by atoms with van der Waals surface area (Å²) in [5, 5.41) is 7.25. The van der Waals surface area contributed by atoms with Crippen LogP contribution in [0.3, 0.4) is 0 Å². The summed E-state index contributed by atoms with van der Waals surface area (Å²) in [6, 6.07) is 8.41. The molecule has 0 aromatic heterocycles. The van der Waals surface area contributed by atoms with Crippen molar-refractivity contribution in [3.8, 4) is 0 Å². The van der Waals surface area contributed by atoms with Gasteiger partial charge in [-0.2, -0.15) is 0 Å². The van der Waals surface area contributed by atoms with Crippen molar-refractivity contribution in [2.45, 2.75) is 37.6 Å². The predicted molar refractivity (Wildman–Crippen MR) is 86.2 cm³/mol. The maximum absolute atomic E-state index is 11.9. The van der Waals surface area contributed by atoms with E-state index in [-0.39, 0.29) is 11.9 Å². The van der Waals surface area contributed by atoms with E-state index in [1.54, 1.807) is 11.8 Å². The number of rotatable bonds is 5. The van der Waals surface area contributed by atoms with Gasteiger partial charge in [-0.15, -0.1) is 11.8 Å². The molecule has 2 unspecified atom stereocenters. The Hall–Kier alpha value is -0.710. The van der Waals surface area contributed by atoms with E-state index in [0.717, 1.165) is 35.7 Å². The molecule has 5 heteroatoms. The summed E-state index contributed by atoms with van der Waals surface area (Å²) in [5.41, 5.74) is 1.16. The zero-order valence-corrected chi connectivity index (χ0v) is 13.3. The number of piperidine rings is 1. The SMILES string of the molecule is CC1NCCCC1NC(=O)CSCc1cccc(Cl)c1. The van der Waals surface area contributed by atoms with Crippen LogP contribution < -0.4 is 10.6 Å². The van der Waals surface area contributed by atoms with Crippen LogP contribution >= 0.6 is 23.4 Å². The lowest BCUT2D eigenvalue weighted by Gasteiger charge is -2.30. The molecule has 1 aliphatic heterocycles. The smallest absolute Gasteiger partial charge is 0.230 e. The van der Waals surface area contributed by atoms with E-state index in [9.17, 15) is 4.79 Å². The van der Waals surface area contributed by atoms with Crippen molar-refractivity contribution in [1.82, 2.24) is 10.6 Å². The first-order valence-electron chi connectivity index (χ1n) is 7.00. The van der Waals surface area contributed by atoms with Crippen molar-refractivity contribution in [3.05, 3.63) is 34.9 Å². The molecule has 1 amide bonds. The van der Waals surface area contributed by atoms with Gasteiger partial charge >= 0.3 is 0 Å². The van der Waals surface area contributed by atoms with Gasteiger partial charge in [0.1, 0.15) is 0 Å². The molecule has 0 radical (unpaired) electrons. The third kappa shape index (κ3) is 5.00. The van der Waals surface area contributed by atoms with E-state index in [2.05, 4.69) is 17.6 Å². The quantitative estimate of drug-likeness (QED) is 0.878. The first kappa shape index (κ1) is 15.7. The number of carbonyl (C=O) groups is 1. The predicted octanol–water partition coefficient (Wildman–Crippen LogP) is 2.83.